The van der Waals surface area contributed by atoms with Crippen molar-refractivity contribution in [2.75, 3.05) is 0 Å². The highest BCUT2D eigenvalue weighted by molar-refractivity contribution is 5.89. The lowest BCUT2D eigenvalue weighted by molar-refractivity contribution is -0.164. The van der Waals surface area contributed by atoms with Gasteiger partial charge < -0.3 is 9.53 Å². The first kappa shape index (κ1) is 14.8. The molecule has 0 aliphatic carbocycles. The van der Waals surface area contributed by atoms with Crippen molar-refractivity contribution in [3.63, 3.8) is 0 Å². The Morgan fingerprint density at radius 2 is 2.00 bits per heavy atom. The van der Waals surface area contributed by atoms with Gasteiger partial charge in [-0.05, 0) is 19.8 Å². The van der Waals surface area contributed by atoms with E-state index in [0.717, 1.165) is 12.7 Å². The molecule has 1 atom stereocenters. The van der Waals surface area contributed by atoms with Crippen molar-refractivity contribution < 1.29 is 19.1 Å². The number of esters is 1. The number of hydrogen-bond acceptors (Lipinski definition) is 4. The van der Waals surface area contributed by atoms with Crippen molar-refractivity contribution in [1.29, 1.82) is 0 Å². The average Bonchev–Trinajstić information content (AvgIpc) is 2.17. The van der Waals surface area contributed by atoms with Crippen LogP contribution in [0.1, 0.15) is 52.9 Å². The third-order valence-corrected chi connectivity index (χ3v) is 2.41. The molecule has 0 rings (SSSR count). The summed E-state index contributed by atoms with van der Waals surface area (Å²) in [4.78, 5) is 33.0. The normalized spacial score (nSPS) is 13.9. The van der Waals surface area contributed by atoms with Crippen LogP contribution < -0.4 is 0 Å². The number of carbonyl (C=O) groups excluding carboxylic acids is 3. The fraction of sp³-hybridized carbons (Fsp3) is 0.750. The summed E-state index contributed by atoms with van der Waals surface area (Å²) in [6.45, 7) is 4.87. The SMILES string of the molecule is CCC[C@](C)(OC(C)=O)C(=O)CCCC=O. The Morgan fingerprint density at radius 1 is 1.38 bits per heavy atom. The molecule has 0 aliphatic heterocycles. The van der Waals surface area contributed by atoms with Crippen LogP contribution in [0, 0.1) is 0 Å². The van der Waals surface area contributed by atoms with Gasteiger partial charge in [-0.3, -0.25) is 9.59 Å². The fourth-order valence-corrected chi connectivity index (χ4v) is 1.65. The summed E-state index contributed by atoms with van der Waals surface area (Å²) in [5, 5.41) is 0. The summed E-state index contributed by atoms with van der Waals surface area (Å²) in [5.74, 6) is -0.550. The maximum atomic E-state index is 11.9. The quantitative estimate of drug-likeness (QED) is 0.362. The maximum absolute atomic E-state index is 11.9. The van der Waals surface area contributed by atoms with E-state index in [0.29, 0.717) is 19.3 Å². The molecule has 0 saturated heterocycles. The number of Topliss-reactive ketones (excluding diaryl/α,β-unsaturated/α-hetero) is 1. The Labute approximate surface area is 96.4 Å². The lowest BCUT2D eigenvalue weighted by atomic mass is 9.91. The second-order valence-corrected chi connectivity index (χ2v) is 4.06. The first-order chi connectivity index (χ1) is 7.46. The van der Waals surface area contributed by atoms with Crippen molar-refractivity contribution >= 4 is 18.0 Å². The highest BCUT2D eigenvalue weighted by Crippen LogP contribution is 2.22. The van der Waals surface area contributed by atoms with Gasteiger partial charge in [-0.2, -0.15) is 0 Å². The number of rotatable bonds is 8. The molecule has 4 heteroatoms. The van der Waals surface area contributed by atoms with Crippen LogP contribution in [0.25, 0.3) is 0 Å². The predicted octanol–water partition coefficient (Wildman–Crippen LogP) is 2.05. The molecular weight excluding hydrogens is 208 g/mol. The second-order valence-electron chi connectivity index (χ2n) is 4.06. The Kier molecular flexibility index (Phi) is 6.61. The van der Waals surface area contributed by atoms with Crippen LogP contribution in [-0.2, 0) is 19.1 Å². The van der Waals surface area contributed by atoms with Crippen molar-refractivity contribution in [2.24, 2.45) is 0 Å². The molecule has 0 unspecified atom stereocenters. The van der Waals surface area contributed by atoms with Gasteiger partial charge in [-0.1, -0.05) is 13.3 Å². The average molecular weight is 228 g/mol. The zero-order valence-corrected chi connectivity index (χ0v) is 10.2. The molecule has 4 nitrogen and oxygen atoms in total. The largest absolute Gasteiger partial charge is 0.452 e. The molecular formula is C12H20O4. The molecule has 0 fully saturated rings. The molecule has 0 aromatic rings. The minimum Gasteiger partial charge on any atom is -0.452 e. The van der Waals surface area contributed by atoms with Crippen LogP contribution in [0.15, 0.2) is 0 Å². The van der Waals surface area contributed by atoms with Crippen LogP contribution in [0.3, 0.4) is 0 Å². The summed E-state index contributed by atoms with van der Waals surface area (Å²) >= 11 is 0. The molecule has 0 aromatic heterocycles. The van der Waals surface area contributed by atoms with Gasteiger partial charge in [0.15, 0.2) is 11.4 Å². The highest BCUT2D eigenvalue weighted by Gasteiger charge is 2.34. The Bertz CT molecular complexity index is 260. The molecule has 0 bridgehead atoms. The molecule has 0 heterocycles. The summed E-state index contributed by atoms with van der Waals surface area (Å²) < 4.78 is 5.09. The molecule has 0 aromatic carbocycles. The number of aldehydes is 1. The standard InChI is InChI=1S/C12H20O4/c1-4-8-12(3,16-10(2)14)11(15)7-5-6-9-13/h9H,4-8H2,1-3H3/t12-/m0/s1. The first-order valence-corrected chi connectivity index (χ1v) is 5.62. The Hall–Kier alpha value is -1.19. The topological polar surface area (TPSA) is 60.4 Å². The number of carbonyl (C=O) groups is 3. The monoisotopic (exact) mass is 228 g/mol. The van der Waals surface area contributed by atoms with Gasteiger partial charge in [0, 0.05) is 19.8 Å². The molecule has 0 amide bonds. The summed E-state index contributed by atoms with van der Waals surface area (Å²) in [6, 6.07) is 0. The molecule has 0 saturated carbocycles. The van der Waals surface area contributed by atoms with Crippen LogP contribution in [-0.4, -0.2) is 23.6 Å². The van der Waals surface area contributed by atoms with Crippen LogP contribution in [0.5, 0.6) is 0 Å². The van der Waals surface area contributed by atoms with E-state index in [4.69, 9.17) is 4.74 Å². The summed E-state index contributed by atoms with van der Waals surface area (Å²) in [5.41, 5.74) is -1.02. The zero-order chi connectivity index (χ0) is 12.6. The van der Waals surface area contributed by atoms with E-state index in [2.05, 4.69) is 0 Å². The number of hydrogen-bond donors (Lipinski definition) is 0. The number of ether oxygens (including phenoxy) is 1. The van der Waals surface area contributed by atoms with Crippen molar-refractivity contribution in [3.8, 4) is 0 Å². The Balaban J connectivity index is 4.43. The van der Waals surface area contributed by atoms with E-state index >= 15 is 0 Å². The molecule has 0 radical (unpaired) electrons. The molecule has 0 aliphatic rings. The van der Waals surface area contributed by atoms with E-state index in [1.54, 1.807) is 6.92 Å². The summed E-state index contributed by atoms with van der Waals surface area (Å²) in [7, 11) is 0. The van der Waals surface area contributed by atoms with Gasteiger partial charge in [-0.15, -0.1) is 0 Å². The maximum Gasteiger partial charge on any atom is 0.303 e. The van der Waals surface area contributed by atoms with Gasteiger partial charge >= 0.3 is 5.97 Å². The molecule has 16 heavy (non-hydrogen) atoms. The van der Waals surface area contributed by atoms with E-state index in [1.807, 2.05) is 6.92 Å². The van der Waals surface area contributed by atoms with Crippen molar-refractivity contribution in [3.05, 3.63) is 0 Å². The van der Waals surface area contributed by atoms with Crippen LogP contribution in [0.4, 0.5) is 0 Å². The smallest absolute Gasteiger partial charge is 0.303 e. The fourth-order valence-electron chi connectivity index (χ4n) is 1.65. The minimum absolute atomic E-state index is 0.105. The lowest BCUT2D eigenvalue weighted by Gasteiger charge is -2.27. The van der Waals surface area contributed by atoms with E-state index in [9.17, 15) is 14.4 Å². The minimum atomic E-state index is -1.02. The zero-order valence-electron chi connectivity index (χ0n) is 10.2. The lowest BCUT2D eigenvalue weighted by Crippen LogP contribution is -2.39. The molecule has 0 N–H and O–H groups in total. The highest BCUT2D eigenvalue weighted by atomic mass is 16.6. The molecule has 0 spiro atoms. The van der Waals surface area contributed by atoms with Crippen LogP contribution >= 0.6 is 0 Å². The Morgan fingerprint density at radius 3 is 2.44 bits per heavy atom. The first-order valence-electron chi connectivity index (χ1n) is 5.62. The molecule has 92 valence electrons. The summed E-state index contributed by atoms with van der Waals surface area (Å²) in [6.07, 6.45) is 3.24. The van der Waals surface area contributed by atoms with Gasteiger partial charge in [0.1, 0.15) is 6.29 Å². The second kappa shape index (κ2) is 7.14. The van der Waals surface area contributed by atoms with Gasteiger partial charge in [0.05, 0.1) is 0 Å². The van der Waals surface area contributed by atoms with Gasteiger partial charge in [0.25, 0.3) is 0 Å². The van der Waals surface area contributed by atoms with Gasteiger partial charge in [0.2, 0.25) is 0 Å². The third-order valence-electron chi connectivity index (χ3n) is 2.41. The predicted molar refractivity (Wildman–Crippen MR) is 60.0 cm³/mol. The van der Waals surface area contributed by atoms with Gasteiger partial charge in [-0.25, -0.2) is 0 Å². The van der Waals surface area contributed by atoms with E-state index < -0.39 is 11.6 Å². The van der Waals surface area contributed by atoms with E-state index in [1.165, 1.54) is 6.92 Å². The third kappa shape index (κ3) is 5.05. The number of ketones is 1. The van der Waals surface area contributed by atoms with Crippen molar-refractivity contribution in [2.45, 2.75) is 58.5 Å². The van der Waals surface area contributed by atoms with Crippen molar-refractivity contribution in [1.82, 2.24) is 0 Å². The number of unbranched alkanes of at least 4 members (excludes halogenated alkanes) is 1. The van der Waals surface area contributed by atoms with E-state index in [-0.39, 0.29) is 12.2 Å². The van der Waals surface area contributed by atoms with Crippen LogP contribution in [0.2, 0.25) is 0 Å².